The number of urea groups is 1. The van der Waals surface area contributed by atoms with Crippen LogP contribution < -0.4 is 16.4 Å². The maximum Gasteiger partial charge on any atom is 0.390 e. The average molecular weight is 548 g/mol. The van der Waals surface area contributed by atoms with Crippen molar-refractivity contribution < 1.29 is 23.1 Å². The van der Waals surface area contributed by atoms with Crippen molar-refractivity contribution in [1.29, 1.82) is 10.8 Å². The molecule has 0 saturated heterocycles. The molecule has 2 aromatic carbocycles. The number of nitrogens with zero attached hydrogens (tertiary/aromatic N) is 2. The minimum Gasteiger partial charge on any atom is -0.508 e. The fraction of sp³-hybridized carbons (Fsp3) is 0.200. The van der Waals surface area contributed by atoms with Gasteiger partial charge in [0.1, 0.15) is 17.4 Å². The van der Waals surface area contributed by atoms with Crippen molar-refractivity contribution in [2.75, 3.05) is 24.1 Å². The summed E-state index contributed by atoms with van der Waals surface area (Å²) in [6, 6.07) is 12.8. The molecule has 13 heteroatoms. The van der Waals surface area contributed by atoms with E-state index in [1.165, 1.54) is 36.5 Å². The Balaban J connectivity index is 1.74. The van der Waals surface area contributed by atoms with E-state index in [4.69, 9.17) is 28.2 Å². The summed E-state index contributed by atoms with van der Waals surface area (Å²) in [7, 11) is 0. The number of phenols is 1. The number of carbonyl (C=O) groups is 1. The molecular formula is C25H25ClF3N7O2. The number of aromatic hydroxyl groups is 1. The zero-order valence-electron chi connectivity index (χ0n) is 19.9. The number of phenolic OH excluding ortho intramolecular Hbond substituents is 1. The molecule has 1 heterocycles. The number of anilines is 2. The lowest BCUT2D eigenvalue weighted by Crippen LogP contribution is -2.46. The molecule has 3 rings (SSSR count). The second-order valence-corrected chi connectivity index (χ2v) is 8.52. The summed E-state index contributed by atoms with van der Waals surface area (Å²) in [6.07, 6.45) is -4.51. The number of halogens is 4. The Morgan fingerprint density at radius 1 is 1.11 bits per heavy atom. The predicted octanol–water partition coefficient (Wildman–Crippen LogP) is 4.99. The molecule has 3 aromatic rings. The van der Waals surface area contributed by atoms with Gasteiger partial charge in [0.05, 0.1) is 24.4 Å². The lowest BCUT2D eigenvalue weighted by Gasteiger charge is -2.24. The number of hydrogen-bond acceptors (Lipinski definition) is 7. The third-order valence-corrected chi connectivity index (χ3v) is 5.78. The molecule has 0 spiro atoms. The monoisotopic (exact) mass is 547 g/mol. The molecule has 0 bridgehead atoms. The van der Waals surface area contributed by atoms with Gasteiger partial charge in [-0.25, -0.2) is 9.78 Å². The zero-order valence-corrected chi connectivity index (χ0v) is 20.7. The number of carbonyl (C=O) groups excluding carboxylic acids is 1. The van der Waals surface area contributed by atoms with E-state index in [1.54, 1.807) is 12.1 Å². The van der Waals surface area contributed by atoms with Crippen LogP contribution in [0.4, 0.5) is 29.5 Å². The van der Waals surface area contributed by atoms with Gasteiger partial charge in [-0.1, -0.05) is 29.8 Å². The first-order valence-corrected chi connectivity index (χ1v) is 11.6. The van der Waals surface area contributed by atoms with Crippen molar-refractivity contribution in [3.05, 3.63) is 82.5 Å². The number of alkyl halides is 3. The Kier molecular flexibility index (Phi) is 9.13. The Morgan fingerprint density at radius 2 is 1.79 bits per heavy atom. The van der Waals surface area contributed by atoms with Crippen LogP contribution in [0.15, 0.2) is 60.8 Å². The number of amides is 2. The van der Waals surface area contributed by atoms with Crippen LogP contribution in [-0.4, -0.2) is 51.8 Å². The van der Waals surface area contributed by atoms with Crippen LogP contribution >= 0.6 is 11.6 Å². The lowest BCUT2D eigenvalue weighted by molar-refractivity contribution is -0.135. The van der Waals surface area contributed by atoms with E-state index in [1.807, 2.05) is 12.1 Å². The van der Waals surface area contributed by atoms with E-state index < -0.39 is 31.0 Å². The molecule has 7 N–H and O–H groups in total. The number of amidine groups is 1. The van der Waals surface area contributed by atoms with Crippen LogP contribution in [0.2, 0.25) is 5.02 Å². The molecule has 0 saturated carbocycles. The van der Waals surface area contributed by atoms with E-state index in [0.717, 1.165) is 5.56 Å². The van der Waals surface area contributed by atoms with Gasteiger partial charge in [0, 0.05) is 35.4 Å². The van der Waals surface area contributed by atoms with E-state index in [2.05, 4.69) is 15.6 Å². The molecule has 0 radical (unpaired) electrons. The third kappa shape index (κ3) is 7.59. The highest BCUT2D eigenvalue weighted by Gasteiger charge is 2.31. The molecule has 38 heavy (non-hydrogen) atoms. The second-order valence-electron chi connectivity index (χ2n) is 8.11. The van der Waals surface area contributed by atoms with Gasteiger partial charge in [-0.3, -0.25) is 10.3 Å². The highest BCUT2D eigenvalue weighted by Crippen LogP contribution is 2.25. The molecule has 0 aliphatic carbocycles. The summed E-state index contributed by atoms with van der Waals surface area (Å²) < 4.78 is 38.7. The van der Waals surface area contributed by atoms with Crippen LogP contribution in [-0.2, 0) is 6.54 Å². The highest BCUT2D eigenvalue weighted by atomic mass is 35.5. The molecule has 0 aliphatic heterocycles. The summed E-state index contributed by atoms with van der Waals surface area (Å²) in [5.74, 6) is -0.489. The van der Waals surface area contributed by atoms with Crippen molar-refractivity contribution in [1.82, 2.24) is 15.2 Å². The van der Waals surface area contributed by atoms with Crippen molar-refractivity contribution in [3.8, 4) is 5.75 Å². The first-order chi connectivity index (χ1) is 18.0. The van der Waals surface area contributed by atoms with Gasteiger partial charge in [-0.15, -0.1) is 0 Å². The molecular weight excluding hydrogens is 523 g/mol. The van der Waals surface area contributed by atoms with Gasteiger partial charge < -0.3 is 26.9 Å². The molecule has 0 unspecified atom stereocenters. The van der Waals surface area contributed by atoms with Gasteiger partial charge in [0.25, 0.3) is 0 Å². The molecule has 200 valence electrons. The fourth-order valence-electron chi connectivity index (χ4n) is 3.42. The van der Waals surface area contributed by atoms with Crippen LogP contribution in [0.25, 0.3) is 0 Å². The van der Waals surface area contributed by atoms with Crippen LogP contribution in [0.3, 0.4) is 0 Å². The van der Waals surface area contributed by atoms with Gasteiger partial charge in [-0.05, 0) is 42.0 Å². The molecule has 0 fully saturated rings. The quantitative estimate of drug-likeness (QED) is 0.165. The number of benzene rings is 2. The molecule has 0 atom stereocenters. The van der Waals surface area contributed by atoms with Crippen molar-refractivity contribution in [3.63, 3.8) is 0 Å². The minimum absolute atomic E-state index is 0.0963. The highest BCUT2D eigenvalue weighted by molar-refractivity contribution is 6.31. The van der Waals surface area contributed by atoms with E-state index in [9.17, 15) is 23.1 Å². The molecule has 9 nitrogen and oxygen atoms in total. The van der Waals surface area contributed by atoms with Crippen molar-refractivity contribution >= 4 is 40.7 Å². The van der Waals surface area contributed by atoms with E-state index >= 15 is 0 Å². The summed E-state index contributed by atoms with van der Waals surface area (Å²) in [5.41, 5.74) is 7.47. The molecule has 1 aromatic heterocycles. The normalized spacial score (nSPS) is 11.1. The Bertz CT molecular complexity index is 1320. The summed E-state index contributed by atoms with van der Waals surface area (Å²) in [6.45, 7) is -0.902. The van der Waals surface area contributed by atoms with Crippen LogP contribution in [0.5, 0.6) is 5.75 Å². The van der Waals surface area contributed by atoms with Crippen molar-refractivity contribution in [2.24, 2.45) is 0 Å². The van der Waals surface area contributed by atoms with E-state index in [-0.39, 0.29) is 35.9 Å². The number of rotatable bonds is 9. The number of nitrogens with two attached hydrogens (primary N) is 1. The SMILES string of the molecule is N=C(CNC(=O)N(CCC(F)(F)F)C(=N)c1ccc(O)cc1)c1ccnc(N)c1NCc1ccccc1Cl. The first kappa shape index (κ1) is 28.3. The largest absolute Gasteiger partial charge is 0.508 e. The average Bonchev–Trinajstić information content (AvgIpc) is 2.87. The first-order valence-electron chi connectivity index (χ1n) is 11.3. The van der Waals surface area contributed by atoms with Crippen LogP contribution in [0, 0.1) is 10.8 Å². The van der Waals surface area contributed by atoms with Gasteiger partial charge in [-0.2, -0.15) is 13.2 Å². The zero-order chi connectivity index (χ0) is 27.9. The van der Waals surface area contributed by atoms with Gasteiger partial charge in [0.15, 0.2) is 0 Å². The second kappa shape index (κ2) is 12.3. The summed E-state index contributed by atoms with van der Waals surface area (Å²) >= 11 is 6.20. The minimum atomic E-state index is -4.56. The molecule has 0 aliphatic rings. The summed E-state index contributed by atoms with van der Waals surface area (Å²) in [4.78, 5) is 17.5. The maximum absolute atomic E-state index is 12.9. The Labute approximate surface area is 221 Å². The predicted molar refractivity (Wildman–Crippen MR) is 140 cm³/mol. The smallest absolute Gasteiger partial charge is 0.390 e. The molecule has 2 amide bonds. The Hall–Kier alpha value is -4.32. The van der Waals surface area contributed by atoms with Gasteiger partial charge >= 0.3 is 12.2 Å². The van der Waals surface area contributed by atoms with E-state index in [0.29, 0.717) is 21.2 Å². The summed E-state index contributed by atoms with van der Waals surface area (Å²) in [5, 5.41) is 32.2. The standard InChI is InChI=1S/C25H25ClF3N7O2/c26-19-4-2-1-3-16(19)13-34-21-18(9-11-33-22(21)31)20(30)14-35-24(38)36(12-10-25(27,28)29)23(32)15-5-7-17(37)8-6-15/h1-9,11,30,32,34,37H,10,12-14H2,(H2,31,33)(H,35,38). The Morgan fingerprint density at radius 3 is 2.45 bits per heavy atom. The number of hydrogen-bond donors (Lipinski definition) is 6. The maximum atomic E-state index is 12.9. The van der Waals surface area contributed by atoms with Crippen LogP contribution in [0.1, 0.15) is 23.1 Å². The lowest BCUT2D eigenvalue weighted by atomic mass is 10.1. The topological polar surface area (TPSA) is 151 Å². The van der Waals surface area contributed by atoms with Crippen molar-refractivity contribution in [2.45, 2.75) is 19.1 Å². The number of nitrogens with one attached hydrogen (secondary N) is 4. The number of pyridine rings is 1. The number of nitrogen functional groups attached to an aromatic ring is 1. The third-order valence-electron chi connectivity index (χ3n) is 5.41. The fourth-order valence-corrected chi connectivity index (χ4v) is 3.63. The number of aromatic nitrogens is 1. The van der Waals surface area contributed by atoms with Gasteiger partial charge in [0.2, 0.25) is 0 Å².